The highest BCUT2D eigenvalue weighted by molar-refractivity contribution is 5.73. The molecule has 110 valence electrons. The van der Waals surface area contributed by atoms with E-state index in [9.17, 15) is 9.90 Å². The third kappa shape index (κ3) is 3.83. The molecule has 3 N–H and O–H groups in total. The van der Waals surface area contributed by atoms with Crippen LogP contribution in [0.4, 0.5) is 4.79 Å². The van der Waals surface area contributed by atoms with Gasteiger partial charge in [-0.2, -0.15) is 0 Å². The van der Waals surface area contributed by atoms with Crippen molar-refractivity contribution in [2.24, 2.45) is 5.92 Å². The molecule has 5 nitrogen and oxygen atoms in total. The molecule has 2 amide bonds. The van der Waals surface area contributed by atoms with Gasteiger partial charge in [0.2, 0.25) is 0 Å². The van der Waals surface area contributed by atoms with Crippen molar-refractivity contribution in [3.63, 3.8) is 0 Å². The van der Waals surface area contributed by atoms with E-state index >= 15 is 0 Å². The van der Waals surface area contributed by atoms with Crippen LogP contribution < -0.4 is 10.6 Å². The number of aliphatic hydroxyl groups is 1. The normalized spacial score (nSPS) is 29.4. The molecule has 0 bridgehead atoms. The second-order valence-corrected chi connectivity index (χ2v) is 5.92. The minimum Gasteiger partial charge on any atom is -0.393 e. The first-order valence-corrected chi connectivity index (χ1v) is 7.40. The molecule has 19 heavy (non-hydrogen) atoms. The second kappa shape index (κ2) is 6.57. The molecule has 0 heterocycles. The van der Waals surface area contributed by atoms with Crippen LogP contribution >= 0.6 is 0 Å². The Morgan fingerprint density at radius 1 is 1.26 bits per heavy atom. The fourth-order valence-corrected chi connectivity index (χ4v) is 2.98. The molecule has 2 fully saturated rings. The van der Waals surface area contributed by atoms with Crippen molar-refractivity contribution < 1.29 is 14.6 Å². The van der Waals surface area contributed by atoms with E-state index in [4.69, 9.17) is 4.74 Å². The van der Waals surface area contributed by atoms with E-state index in [-0.39, 0.29) is 23.7 Å². The van der Waals surface area contributed by atoms with Crippen LogP contribution in [0.3, 0.4) is 0 Å². The Balaban J connectivity index is 1.64. The van der Waals surface area contributed by atoms with Gasteiger partial charge in [-0.05, 0) is 32.1 Å². The van der Waals surface area contributed by atoms with Crippen LogP contribution in [-0.2, 0) is 4.74 Å². The van der Waals surface area contributed by atoms with Crippen molar-refractivity contribution in [1.29, 1.82) is 0 Å². The highest BCUT2D eigenvalue weighted by Gasteiger charge is 2.37. The average molecular weight is 270 g/mol. The maximum Gasteiger partial charge on any atom is 0.314 e. The van der Waals surface area contributed by atoms with E-state index in [1.807, 2.05) is 0 Å². The molecule has 5 heteroatoms. The van der Waals surface area contributed by atoms with Crippen molar-refractivity contribution in [1.82, 2.24) is 10.6 Å². The van der Waals surface area contributed by atoms with Gasteiger partial charge < -0.3 is 20.5 Å². The average Bonchev–Trinajstić information content (AvgIpc) is 2.37. The number of nitrogens with one attached hydrogen (secondary N) is 2. The number of carbonyl (C=O) groups excluding carboxylic acids is 1. The number of urea groups is 1. The summed E-state index contributed by atoms with van der Waals surface area (Å²) in [4.78, 5) is 11.7. The van der Waals surface area contributed by atoms with Gasteiger partial charge in [-0.3, -0.25) is 0 Å². The van der Waals surface area contributed by atoms with Gasteiger partial charge in [0.05, 0.1) is 11.7 Å². The molecule has 0 saturated heterocycles. The lowest BCUT2D eigenvalue weighted by Gasteiger charge is -2.40. The first-order chi connectivity index (χ1) is 9.15. The quantitative estimate of drug-likeness (QED) is 0.707. The van der Waals surface area contributed by atoms with Crippen molar-refractivity contribution >= 4 is 6.03 Å². The van der Waals surface area contributed by atoms with Gasteiger partial charge in [0.15, 0.2) is 0 Å². The van der Waals surface area contributed by atoms with Crippen LogP contribution in [0.1, 0.15) is 44.9 Å². The number of carbonyl (C=O) groups is 1. The minimum atomic E-state index is -0.258. The zero-order chi connectivity index (χ0) is 13.7. The monoisotopic (exact) mass is 270 g/mol. The van der Waals surface area contributed by atoms with Crippen LogP contribution in [0.15, 0.2) is 0 Å². The van der Waals surface area contributed by atoms with Gasteiger partial charge in [-0.1, -0.05) is 12.8 Å². The summed E-state index contributed by atoms with van der Waals surface area (Å²) in [6, 6.07) is -0.152. The summed E-state index contributed by atoms with van der Waals surface area (Å²) in [5.74, 6) is 0.208. The molecule has 2 atom stereocenters. The van der Waals surface area contributed by atoms with Crippen molar-refractivity contribution in [3.05, 3.63) is 0 Å². The molecule has 2 unspecified atom stereocenters. The lowest BCUT2D eigenvalue weighted by atomic mass is 9.80. The molecule has 0 radical (unpaired) electrons. The van der Waals surface area contributed by atoms with Crippen molar-refractivity contribution in [3.8, 4) is 0 Å². The molecule has 0 aromatic carbocycles. The summed E-state index contributed by atoms with van der Waals surface area (Å²) in [6.45, 7) is 1.13. The molecule has 2 rings (SSSR count). The van der Waals surface area contributed by atoms with Gasteiger partial charge in [0, 0.05) is 26.1 Å². The topological polar surface area (TPSA) is 70.6 Å². The van der Waals surface area contributed by atoms with Gasteiger partial charge in [-0.15, -0.1) is 0 Å². The van der Waals surface area contributed by atoms with E-state index in [2.05, 4.69) is 10.6 Å². The van der Waals surface area contributed by atoms with Crippen LogP contribution in [0.5, 0.6) is 0 Å². The van der Waals surface area contributed by atoms with E-state index < -0.39 is 0 Å². The lowest BCUT2D eigenvalue weighted by Crippen LogP contribution is -2.52. The first-order valence-electron chi connectivity index (χ1n) is 7.40. The lowest BCUT2D eigenvalue weighted by molar-refractivity contribution is -0.0674. The standard InChI is InChI=1S/C14H26N2O3/c1-19-14(7-4-8-14)10-16-13(18)15-9-11-5-2-3-6-12(11)17/h11-12,17H,2-10H2,1H3,(H2,15,16,18). The number of rotatable bonds is 5. The Kier molecular flexibility index (Phi) is 5.05. The Labute approximate surface area is 115 Å². The molecule has 2 aliphatic rings. The van der Waals surface area contributed by atoms with Crippen LogP contribution in [0.25, 0.3) is 0 Å². The van der Waals surface area contributed by atoms with E-state index in [0.29, 0.717) is 13.1 Å². The highest BCUT2D eigenvalue weighted by Crippen LogP contribution is 2.34. The first kappa shape index (κ1) is 14.6. The van der Waals surface area contributed by atoms with Crippen molar-refractivity contribution in [2.45, 2.75) is 56.7 Å². The molecular formula is C14H26N2O3. The molecule has 0 aromatic rings. The number of hydrogen-bond acceptors (Lipinski definition) is 3. The summed E-state index contributed by atoms with van der Waals surface area (Å²) >= 11 is 0. The van der Waals surface area contributed by atoms with Gasteiger partial charge in [0.25, 0.3) is 0 Å². The van der Waals surface area contributed by atoms with Gasteiger partial charge >= 0.3 is 6.03 Å². The Morgan fingerprint density at radius 2 is 2.00 bits per heavy atom. The predicted molar refractivity (Wildman–Crippen MR) is 73.0 cm³/mol. The van der Waals surface area contributed by atoms with Crippen molar-refractivity contribution in [2.75, 3.05) is 20.2 Å². The number of aliphatic hydroxyl groups excluding tert-OH is 1. The van der Waals surface area contributed by atoms with E-state index in [1.54, 1.807) is 7.11 Å². The van der Waals surface area contributed by atoms with Crippen LogP contribution in [0, 0.1) is 5.92 Å². The summed E-state index contributed by atoms with van der Waals surface area (Å²) in [7, 11) is 1.71. The summed E-state index contributed by atoms with van der Waals surface area (Å²) in [6.07, 6.45) is 7.06. The smallest absolute Gasteiger partial charge is 0.314 e. The second-order valence-electron chi connectivity index (χ2n) is 5.92. The van der Waals surface area contributed by atoms with Crippen LogP contribution in [0.2, 0.25) is 0 Å². The van der Waals surface area contributed by atoms with E-state index in [0.717, 1.165) is 38.5 Å². The number of ether oxygens (including phenoxy) is 1. The maximum absolute atomic E-state index is 11.7. The summed E-state index contributed by atoms with van der Waals surface area (Å²) in [5.41, 5.74) is -0.137. The number of amides is 2. The summed E-state index contributed by atoms with van der Waals surface area (Å²) in [5, 5.41) is 15.6. The van der Waals surface area contributed by atoms with Crippen LogP contribution in [-0.4, -0.2) is 43.0 Å². The summed E-state index contributed by atoms with van der Waals surface area (Å²) < 4.78 is 5.45. The fourth-order valence-electron chi connectivity index (χ4n) is 2.98. The van der Waals surface area contributed by atoms with Gasteiger partial charge in [-0.25, -0.2) is 4.79 Å². The third-order valence-electron chi connectivity index (χ3n) is 4.66. The molecule has 0 aliphatic heterocycles. The van der Waals surface area contributed by atoms with Gasteiger partial charge in [0.1, 0.15) is 0 Å². The zero-order valence-electron chi connectivity index (χ0n) is 11.8. The maximum atomic E-state index is 11.7. The molecule has 2 saturated carbocycles. The largest absolute Gasteiger partial charge is 0.393 e. The predicted octanol–water partition coefficient (Wildman–Crippen LogP) is 1.41. The number of methoxy groups -OCH3 is 1. The molecular weight excluding hydrogens is 244 g/mol. The Morgan fingerprint density at radius 3 is 2.58 bits per heavy atom. The SMILES string of the molecule is COC1(CNC(=O)NCC2CCCCC2O)CCC1. The zero-order valence-corrected chi connectivity index (χ0v) is 11.8. The highest BCUT2D eigenvalue weighted by atomic mass is 16.5. The number of hydrogen-bond donors (Lipinski definition) is 3. The third-order valence-corrected chi connectivity index (χ3v) is 4.66. The molecule has 0 spiro atoms. The minimum absolute atomic E-state index is 0.137. The van der Waals surface area contributed by atoms with E-state index in [1.165, 1.54) is 6.42 Å². The fraction of sp³-hybridized carbons (Fsp3) is 0.929. The Hall–Kier alpha value is -0.810. The Bertz CT molecular complexity index is 300. The molecule has 2 aliphatic carbocycles. The molecule has 0 aromatic heterocycles.